The molecule has 0 aromatic carbocycles. The summed E-state index contributed by atoms with van der Waals surface area (Å²) in [4.78, 5) is 1.30. The van der Waals surface area contributed by atoms with Crippen molar-refractivity contribution in [2.75, 3.05) is 5.88 Å². The number of rotatable bonds is 0. The summed E-state index contributed by atoms with van der Waals surface area (Å²) in [7, 11) is 0. The van der Waals surface area contributed by atoms with Crippen LogP contribution in [0, 0.1) is 0 Å². The molecule has 3 heteroatoms. The van der Waals surface area contributed by atoms with Crippen molar-refractivity contribution in [3.63, 3.8) is 0 Å². The molecule has 2 aliphatic rings. The zero-order valence-electron chi connectivity index (χ0n) is 5.42. The van der Waals surface area contributed by atoms with Crippen LogP contribution in [-0.4, -0.2) is 5.88 Å². The first-order valence-corrected chi connectivity index (χ1v) is 4.16. The molecule has 2 rings (SSSR count). The topological polar surface area (TPSA) is 24.1 Å². The van der Waals surface area contributed by atoms with Crippen LogP contribution in [0.15, 0.2) is 35.2 Å². The summed E-state index contributed by atoms with van der Waals surface area (Å²) in [5.74, 6) is 2.12. The monoisotopic (exact) mass is 152 g/mol. The van der Waals surface area contributed by atoms with E-state index in [0.717, 1.165) is 11.7 Å². The lowest BCUT2D eigenvalue weighted by molar-refractivity contribution is 0.867. The summed E-state index contributed by atoms with van der Waals surface area (Å²) in [5.41, 5.74) is 0. The molecule has 0 spiro atoms. The van der Waals surface area contributed by atoms with Gasteiger partial charge in [0.2, 0.25) is 0 Å². The normalized spacial score (nSPS) is 21.6. The first-order chi connectivity index (χ1) is 4.97. The van der Waals surface area contributed by atoms with Crippen LogP contribution in [-0.2, 0) is 0 Å². The van der Waals surface area contributed by atoms with Crippen LogP contribution in [0.2, 0.25) is 0 Å². The predicted octanol–water partition coefficient (Wildman–Crippen LogP) is 1.12. The van der Waals surface area contributed by atoms with Gasteiger partial charge in [-0.1, -0.05) is 6.08 Å². The smallest absolute Gasteiger partial charge is 0.117 e. The van der Waals surface area contributed by atoms with Gasteiger partial charge in [0, 0.05) is 11.1 Å². The molecular formula is C7H8N2S. The summed E-state index contributed by atoms with van der Waals surface area (Å²) in [5, 5.41) is 6.38. The third kappa shape index (κ3) is 0.926. The fourth-order valence-corrected chi connectivity index (χ4v) is 1.75. The van der Waals surface area contributed by atoms with Gasteiger partial charge >= 0.3 is 0 Å². The van der Waals surface area contributed by atoms with Crippen molar-refractivity contribution in [2.45, 2.75) is 0 Å². The van der Waals surface area contributed by atoms with Crippen molar-refractivity contribution in [3.8, 4) is 0 Å². The Morgan fingerprint density at radius 2 is 2.40 bits per heavy atom. The van der Waals surface area contributed by atoms with E-state index in [1.165, 1.54) is 4.91 Å². The maximum atomic E-state index is 3.23. The second kappa shape index (κ2) is 2.42. The van der Waals surface area contributed by atoms with E-state index < -0.39 is 0 Å². The molecular weight excluding hydrogens is 144 g/mol. The first-order valence-electron chi connectivity index (χ1n) is 3.17. The summed E-state index contributed by atoms with van der Waals surface area (Å²) in [6.45, 7) is 0. The Kier molecular flexibility index (Phi) is 1.43. The number of nitrogens with one attached hydrogen (secondary N) is 2. The number of hydrogen-bond donors (Lipinski definition) is 2. The molecule has 52 valence electrons. The van der Waals surface area contributed by atoms with Crippen molar-refractivity contribution < 1.29 is 0 Å². The maximum absolute atomic E-state index is 3.23. The van der Waals surface area contributed by atoms with Crippen LogP contribution in [0.4, 0.5) is 0 Å². The Labute approximate surface area is 64.1 Å². The second-order valence-electron chi connectivity index (χ2n) is 2.07. The van der Waals surface area contributed by atoms with E-state index in [2.05, 4.69) is 16.7 Å². The molecule has 0 aromatic heterocycles. The molecule has 2 aliphatic heterocycles. The van der Waals surface area contributed by atoms with Crippen LogP contribution < -0.4 is 10.6 Å². The van der Waals surface area contributed by atoms with Crippen molar-refractivity contribution in [1.29, 1.82) is 0 Å². The quantitative estimate of drug-likeness (QED) is 0.544. The summed E-state index contributed by atoms with van der Waals surface area (Å²) < 4.78 is 0. The molecule has 0 radical (unpaired) electrons. The van der Waals surface area contributed by atoms with Crippen molar-refractivity contribution in [2.24, 2.45) is 0 Å². The van der Waals surface area contributed by atoms with E-state index in [9.17, 15) is 0 Å². The molecule has 0 fully saturated rings. The molecule has 0 atom stereocenters. The second-order valence-corrected chi connectivity index (χ2v) is 3.08. The Morgan fingerprint density at radius 1 is 1.40 bits per heavy atom. The lowest BCUT2D eigenvalue weighted by atomic mass is 10.4. The minimum Gasteiger partial charge on any atom is -0.361 e. The van der Waals surface area contributed by atoms with Gasteiger partial charge in [-0.3, -0.25) is 0 Å². The van der Waals surface area contributed by atoms with Crippen molar-refractivity contribution in [1.82, 2.24) is 10.6 Å². The van der Waals surface area contributed by atoms with Gasteiger partial charge in [-0.05, 0) is 12.2 Å². The maximum Gasteiger partial charge on any atom is 0.117 e. The van der Waals surface area contributed by atoms with Crippen LogP contribution in [0.3, 0.4) is 0 Å². The summed E-state index contributed by atoms with van der Waals surface area (Å²) >= 11 is 1.82. The molecule has 0 unspecified atom stereocenters. The van der Waals surface area contributed by atoms with E-state index in [1.807, 2.05) is 30.1 Å². The molecule has 2 heterocycles. The fourth-order valence-electron chi connectivity index (χ4n) is 0.929. The van der Waals surface area contributed by atoms with E-state index in [0.29, 0.717) is 0 Å². The fraction of sp³-hybridized carbons (Fsp3) is 0.143. The molecule has 0 amide bonds. The highest BCUT2D eigenvalue weighted by Gasteiger charge is 2.10. The Hall–Kier alpha value is -0.830. The van der Waals surface area contributed by atoms with Gasteiger partial charge in [-0.25, -0.2) is 0 Å². The minimum absolute atomic E-state index is 0.982. The van der Waals surface area contributed by atoms with E-state index >= 15 is 0 Å². The zero-order chi connectivity index (χ0) is 6.81. The Balaban J connectivity index is 2.30. The van der Waals surface area contributed by atoms with Crippen LogP contribution >= 0.6 is 11.8 Å². The lowest BCUT2D eigenvalue weighted by Gasteiger charge is -2.00. The summed E-state index contributed by atoms with van der Waals surface area (Å²) in [6.07, 6.45) is 8.06. The Morgan fingerprint density at radius 3 is 3.40 bits per heavy atom. The SMILES string of the molecule is C1=CNC2=C(C=C1)SCN2. The third-order valence-corrected chi connectivity index (χ3v) is 2.35. The van der Waals surface area contributed by atoms with Crippen molar-refractivity contribution in [3.05, 3.63) is 35.2 Å². The van der Waals surface area contributed by atoms with Gasteiger partial charge in [0.15, 0.2) is 0 Å². The van der Waals surface area contributed by atoms with Gasteiger partial charge in [0.1, 0.15) is 5.82 Å². The molecule has 0 saturated carbocycles. The number of thioether (sulfide) groups is 1. The van der Waals surface area contributed by atoms with Gasteiger partial charge in [0.05, 0.1) is 5.88 Å². The van der Waals surface area contributed by atoms with Gasteiger partial charge in [0.25, 0.3) is 0 Å². The number of allylic oxidation sites excluding steroid dienone is 3. The van der Waals surface area contributed by atoms with Crippen LogP contribution in [0.5, 0.6) is 0 Å². The van der Waals surface area contributed by atoms with E-state index in [4.69, 9.17) is 0 Å². The standard InChI is InChI=1S/C7H8N2S/c1-2-4-8-7-6(3-1)10-5-9-7/h1-4,8-9H,5H2. The highest BCUT2D eigenvalue weighted by atomic mass is 32.2. The largest absolute Gasteiger partial charge is 0.361 e. The van der Waals surface area contributed by atoms with Gasteiger partial charge < -0.3 is 10.6 Å². The average Bonchev–Trinajstić information content (AvgIpc) is 2.28. The average molecular weight is 152 g/mol. The molecule has 10 heavy (non-hydrogen) atoms. The third-order valence-electron chi connectivity index (χ3n) is 1.41. The van der Waals surface area contributed by atoms with Crippen LogP contribution in [0.1, 0.15) is 0 Å². The molecule has 2 nitrogen and oxygen atoms in total. The molecule has 0 bridgehead atoms. The van der Waals surface area contributed by atoms with Crippen LogP contribution in [0.25, 0.3) is 0 Å². The van der Waals surface area contributed by atoms with Crippen molar-refractivity contribution >= 4 is 11.8 Å². The van der Waals surface area contributed by atoms with E-state index in [-0.39, 0.29) is 0 Å². The molecule has 2 N–H and O–H groups in total. The van der Waals surface area contributed by atoms with E-state index in [1.54, 1.807) is 0 Å². The Bertz CT molecular complexity index is 228. The highest BCUT2D eigenvalue weighted by Crippen LogP contribution is 2.24. The predicted molar refractivity (Wildman–Crippen MR) is 44.0 cm³/mol. The first kappa shape index (κ1) is 5.92. The minimum atomic E-state index is 0.982. The van der Waals surface area contributed by atoms with Gasteiger partial charge in [-0.15, -0.1) is 11.8 Å². The molecule has 0 aromatic rings. The highest BCUT2D eigenvalue weighted by molar-refractivity contribution is 8.03. The molecule has 0 aliphatic carbocycles. The van der Waals surface area contributed by atoms with Gasteiger partial charge in [-0.2, -0.15) is 0 Å². The number of hydrogen-bond acceptors (Lipinski definition) is 3. The molecule has 0 saturated heterocycles. The lowest BCUT2D eigenvalue weighted by Crippen LogP contribution is -2.17. The zero-order valence-corrected chi connectivity index (χ0v) is 6.24. The summed E-state index contributed by atoms with van der Waals surface area (Å²) in [6, 6.07) is 0.